The van der Waals surface area contributed by atoms with Crippen LogP contribution in [0.2, 0.25) is 0 Å². The molecule has 2 aromatic heterocycles. The van der Waals surface area contributed by atoms with E-state index in [9.17, 15) is 13.2 Å². The van der Waals surface area contributed by atoms with E-state index in [1.165, 1.54) is 6.20 Å². The third kappa shape index (κ3) is 2.14. The van der Waals surface area contributed by atoms with Crippen LogP contribution >= 0.6 is 0 Å². The number of nitrogens with zero attached hydrogens (tertiary/aromatic N) is 1. The minimum Gasteiger partial charge on any atom is -0.336 e. The van der Waals surface area contributed by atoms with E-state index in [-0.39, 0.29) is 11.1 Å². The molecule has 17 heavy (non-hydrogen) atoms. The average Bonchev–Trinajstić information content (AvgIpc) is 2.57. The standard InChI is InChI=1S/C12H13F3N2/c1-11(2,3)8-4-5-16-10-7(8)6-9(17-10)12(13,14)15/h4-6H,1-3H3,(H,16,17). The zero-order chi connectivity index (χ0) is 12.8. The fourth-order valence-corrected chi connectivity index (χ4v) is 1.83. The van der Waals surface area contributed by atoms with Gasteiger partial charge in [0.05, 0.1) is 0 Å². The minimum atomic E-state index is -4.37. The Morgan fingerprint density at radius 3 is 2.35 bits per heavy atom. The summed E-state index contributed by atoms with van der Waals surface area (Å²) < 4.78 is 37.8. The van der Waals surface area contributed by atoms with Gasteiger partial charge < -0.3 is 4.98 Å². The molecule has 0 saturated carbocycles. The Kier molecular flexibility index (Phi) is 2.45. The van der Waals surface area contributed by atoms with Crippen LogP contribution in [0.5, 0.6) is 0 Å². The number of rotatable bonds is 0. The summed E-state index contributed by atoms with van der Waals surface area (Å²) in [5.74, 6) is 0. The molecule has 0 atom stereocenters. The molecule has 0 unspecified atom stereocenters. The third-order valence-electron chi connectivity index (χ3n) is 2.65. The summed E-state index contributed by atoms with van der Waals surface area (Å²) in [6.07, 6.45) is -2.84. The molecular weight excluding hydrogens is 229 g/mol. The number of hydrogen-bond donors (Lipinski definition) is 1. The van der Waals surface area contributed by atoms with Crippen LogP contribution in [0, 0.1) is 0 Å². The Balaban J connectivity index is 2.70. The summed E-state index contributed by atoms with van der Waals surface area (Å²) in [6, 6.07) is 2.89. The number of nitrogens with one attached hydrogen (secondary N) is 1. The maximum absolute atomic E-state index is 12.6. The van der Waals surface area contributed by atoms with Crippen LogP contribution in [0.4, 0.5) is 13.2 Å². The molecular formula is C12H13F3N2. The van der Waals surface area contributed by atoms with Crippen molar-refractivity contribution in [2.24, 2.45) is 0 Å². The molecule has 0 aromatic carbocycles. The van der Waals surface area contributed by atoms with Crippen molar-refractivity contribution >= 4 is 11.0 Å². The molecule has 0 aliphatic carbocycles. The highest BCUT2D eigenvalue weighted by molar-refractivity contribution is 5.81. The summed E-state index contributed by atoms with van der Waals surface area (Å²) >= 11 is 0. The van der Waals surface area contributed by atoms with Crippen molar-refractivity contribution in [3.8, 4) is 0 Å². The van der Waals surface area contributed by atoms with Crippen molar-refractivity contribution in [1.29, 1.82) is 0 Å². The molecule has 5 heteroatoms. The molecule has 0 radical (unpaired) electrons. The first-order valence-corrected chi connectivity index (χ1v) is 5.25. The number of aromatic nitrogens is 2. The van der Waals surface area contributed by atoms with Gasteiger partial charge in [-0.15, -0.1) is 0 Å². The van der Waals surface area contributed by atoms with Crippen LogP contribution in [-0.2, 0) is 11.6 Å². The first-order valence-electron chi connectivity index (χ1n) is 5.25. The summed E-state index contributed by atoms with van der Waals surface area (Å²) in [7, 11) is 0. The minimum absolute atomic E-state index is 0.216. The molecule has 2 aromatic rings. The number of pyridine rings is 1. The van der Waals surface area contributed by atoms with Gasteiger partial charge in [-0.1, -0.05) is 20.8 Å². The Hall–Kier alpha value is -1.52. The van der Waals surface area contributed by atoms with Crippen molar-refractivity contribution in [2.45, 2.75) is 32.4 Å². The van der Waals surface area contributed by atoms with Gasteiger partial charge in [0.1, 0.15) is 11.3 Å². The third-order valence-corrected chi connectivity index (χ3v) is 2.65. The van der Waals surface area contributed by atoms with Gasteiger partial charge in [0.25, 0.3) is 0 Å². The number of hydrogen-bond acceptors (Lipinski definition) is 1. The number of H-pyrrole nitrogens is 1. The van der Waals surface area contributed by atoms with Gasteiger partial charge in [-0.3, -0.25) is 0 Å². The topological polar surface area (TPSA) is 28.7 Å². The van der Waals surface area contributed by atoms with Crippen molar-refractivity contribution in [3.63, 3.8) is 0 Å². The van der Waals surface area contributed by atoms with Crippen LogP contribution < -0.4 is 0 Å². The van der Waals surface area contributed by atoms with Crippen molar-refractivity contribution < 1.29 is 13.2 Å². The van der Waals surface area contributed by atoms with Crippen LogP contribution in [0.25, 0.3) is 11.0 Å². The van der Waals surface area contributed by atoms with E-state index in [0.717, 1.165) is 11.6 Å². The monoisotopic (exact) mass is 242 g/mol. The molecule has 2 rings (SSSR count). The summed E-state index contributed by atoms with van der Waals surface area (Å²) in [5, 5.41) is 0.535. The van der Waals surface area contributed by atoms with Gasteiger partial charge in [0, 0.05) is 11.6 Å². The Morgan fingerprint density at radius 1 is 1.18 bits per heavy atom. The second-order valence-corrected chi connectivity index (χ2v) is 5.05. The largest absolute Gasteiger partial charge is 0.431 e. The van der Waals surface area contributed by atoms with E-state index in [4.69, 9.17) is 0 Å². The fourth-order valence-electron chi connectivity index (χ4n) is 1.83. The normalized spacial score (nSPS) is 13.3. The van der Waals surface area contributed by atoms with Gasteiger partial charge in [0.2, 0.25) is 0 Å². The lowest BCUT2D eigenvalue weighted by Gasteiger charge is -2.19. The number of halogens is 3. The summed E-state index contributed by atoms with van der Waals surface area (Å²) in [4.78, 5) is 6.25. The van der Waals surface area contributed by atoms with Gasteiger partial charge >= 0.3 is 6.18 Å². The van der Waals surface area contributed by atoms with Crippen LogP contribution in [0.3, 0.4) is 0 Å². The molecule has 2 nitrogen and oxygen atoms in total. The van der Waals surface area contributed by atoms with E-state index in [0.29, 0.717) is 5.39 Å². The lowest BCUT2D eigenvalue weighted by Crippen LogP contribution is -2.11. The Morgan fingerprint density at radius 2 is 1.82 bits per heavy atom. The quantitative estimate of drug-likeness (QED) is 0.746. The smallest absolute Gasteiger partial charge is 0.336 e. The lowest BCUT2D eigenvalue weighted by atomic mass is 9.86. The molecule has 0 fully saturated rings. The van der Waals surface area contributed by atoms with Crippen molar-refractivity contribution in [3.05, 3.63) is 29.6 Å². The van der Waals surface area contributed by atoms with Gasteiger partial charge in [-0.05, 0) is 23.1 Å². The number of alkyl halides is 3. The highest BCUT2D eigenvalue weighted by Crippen LogP contribution is 2.34. The van der Waals surface area contributed by atoms with Gasteiger partial charge in [-0.25, -0.2) is 4.98 Å². The van der Waals surface area contributed by atoms with Crippen LogP contribution in [0.15, 0.2) is 18.3 Å². The highest BCUT2D eigenvalue weighted by Gasteiger charge is 2.33. The SMILES string of the molecule is CC(C)(C)c1ccnc2[nH]c(C(F)(F)F)cc12. The molecule has 0 aliphatic heterocycles. The van der Waals surface area contributed by atoms with Crippen molar-refractivity contribution in [1.82, 2.24) is 9.97 Å². The fraction of sp³-hybridized carbons (Fsp3) is 0.417. The highest BCUT2D eigenvalue weighted by atomic mass is 19.4. The van der Waals surface area contributed by atoms with Gasteiger partial charge in [-0.2, -0.15) is 13.2 Å². The van der Waals surface area contributed by atoms with E-state index in [2.05, 4.69) is 9.97 Å². The predicted octanol–water partition coefficient (Wildman–Crippen LogP) is 3.88. The molecule has 0 amide bonds. The summed E-state index contributed by atoms with van der Waals surface area (Å²) in [5.41, 5.74) is 0.169. The first-order chi connectivity index (χ1) is 7.69. The molecule has 0 spiro atoms. The number of aromatic amines is 1. The van der Waals surface area contributed by atoms with Crippen LogP contribution in [0.1, 0.15) is 32.0 Å². The molecule has 2 heterocycles. The van der Waals surface area contributed by atoms with Gasteiger partial charge in [0.15, 0.2) is 0 Å². The molecule has 92 valence electrons. The second kappa shape index (κ2) is 3.48. The molecule has 0 bridgehead atoms. The average molecular weight is 242 g/mol. The van der Waals surface area contributed by atoms with E-state index < -0.39 is 11.9 Å². The van der Waals surface area contributed by atoms with E-state index in [1.54, 1.807) is 6.07 Å². The zero-order valence-electron chi connectivity index (χ0n) is 9.81. The zero-order valence-corrected chi connectivity index (χ0v) is 9.81. The predicted molar refractivity (Wildman–Crippen MR) is 59.8 cm³/mol. The van der Waals surface area contributed by atoms with Crippen LogP contribution in [-0.4, -0.2) is 9.97 Å². The van der Waals surface area contributed by atoms with E-state index in [1.807, 2.05) is 20.8 Å². The van der Waals surface area contributed by atoms with Crippen molar-refractivity contribution in [2.75, 3.05) is 0 Å². The first kappa shape index (κ1) is 12.0. The maximum Gasteiger partial charge on any atom is 0.431 e. The number of fused-ring (bicyclic) bond motifs is 1. The maximum atomic E-state index is 12.6. The Bertz CT molecular complexity index is 547. The lowest BCUT2D eigenvalue weighted by molar-refractivity contribution is -0.140. The molecule has 0 saturated heterocycles. The summed E-state index contributed by atoms with van der Waals surface area (Å²) in [6.45, 7) is 5.88. The van der Waals surface area contributed by atoms with E-state index >= 15 is 0 Å². The second-order valence-electron chi connectivity index (χ2n) is 5.05. The molecule has 0 aliphatic rings. The molecule has 1 N–H and O–H groups in total. The Labute approximate surface area is 96.9 Å².